The van der Waals surface area contributed by atoms with Crippen molar-refractivity contribution in [3.63, 3.8) is 0 Å². The Morgan fingerprint density at radius 2 is 2.12 bits per heavy atom. The van der Waals surface area contributed by atoms with E-state index in [0.717, 1.165) is 21.4 Å². The molecule has 6 nitrogen and oxygen atoms in total. The summed E-state index contributed by atoms with van der Waals surface area (Å²) < 4.78 is 10.5. The summed E-state index contributed by atoms with van der Waals surface area (Å²) in [4.78, 5) is 21.6. The third-order valence-electron chi connectivity index (χ3n) is 3.65. The number of fused-ring (bicyclic) bond motifs is 1. The van der Waals surface area contributed by atoms with Crippen LogP contribution in [0.25, 0.3) is 0 Å². The fraction of sp³-hybridized carbons (Fsp3) is 0.222. The molecule has 8 heteroatoms. The largest absolute Gasteiger partial charge is 0.484 e. The van der Waals surface area contributed by atoms with E-state index in [1.807, 2.05) is 24.3 Å². The third-order valence-corrected chi connectivity index (χ3v) is 4.88. The summed E-state index contributed by atoms with van der Waals surface area (Å²) in [5.74, 6) is 1.31. The van der Waals surface area contributed by atoms with Gasteiger partial charge < -0.3 is 9.47 Å². The van der Waals surface area contributed by atoms with Gasteiger partial charge in [-0.2, -0.15) is 5.06 Å². The molecular formula is C18H17ClN2O4S. The fourth-order valence-electron chi connectivity index (χ4n) is 2.43. The number of para-hydroxylation sites is 1. The summed E-state index contributed by atoms with van der Waals surface area (Å²) in [7, 11) is 2.73. The molecule has 1 amide bonds. The molecule has 0 N–H and O–H groups in total. The topological polar surface area (TPSA) is 60.4 Å². The number of thioether (sulfide) groups is 1. The molecule has 1 aliphatic heterocycles. The predicted molar refractivity (Wildman–Crippen MR) is 104 cm³/mol. The molecule has 0 atom stereocenters. The van der Waals surface area contributed by atoms with Crippen LogP contribution in [-0.4, -0.2) is 32.0 Å². The van der Waals surface area contributed by atoms with Crippen LogP contribution in [-0.2, 0) is 15.3 Å². The summed E-state index contributed by atoms with van der Waals surface area (Å²) in [5.41, 5.74) is 2.24. The van der Waals surface area contributed by atoms with E-state index in [1.165, 1.54) is 26.0 Å². The van der Waals surface area contributed by atoms with Gasteiger partial charge in [0, 0.05) is 10.8 Å². The lowest BCUT2D eigenvalue weighted by molar-refractivity contribution is 0.115. The van der Waals surface area contributed by atoms with Crippen molar-refractivity contribution in [2.24, 2.45) is 4.99 Å². The number of carbonyl (C=O) groups is 1. The second-order valence-corrected chi connectivity index (χ2v) is 6.76. The highest BCUT2D eigenvalue weighted by molar-refractivity contribution is 8.13. The lowest BCUT2D eigenvalue weighted by Crippen LogP contribution is -2.30. The van der Waals surface area contributed by atoms with Gasteiger partial charge in [0.1, 0.15) is 23.1 Å². The monoisotopic (exact) mass is 392 g/mol. The van der Waals surface area contributed by atoms with Gasteiger partial charge in [0.05, 0.1) is 19.9 Å². The van der Waals surface area contributed by atoms with Gasteiger partial charge in [-0.05, 0) is 29.8 Å². The molecule has 0 saturated carbocycles. The van der Waals surface area contributed by atoms with E-state index in [1.54, 1.807) is 18.2 Å². The number of benzene rings is 2. The average molecular weight is 393 g/mol. The van der Waals surface area contributed by atoms with E-state index in [9.17, 15) is 4.79 Å². The highest BCUT2D eigenvalue weighted by Crippen LogP contribution is 2.35. The van der Waals surface area contributed by atoms with E-state index in [0.29, 0.717) is 28.8 Å². The van der Waals surface area contributed by atoms with Crippen LogP contribution in [0.5, 0.6) is 5.75 Å². The van der Waals surface area contributed by atoms with E-state index in [4.69, 9.17) is 25.9 Å². The molecule has 1 heterocycles. The van der Waals surface area contributed by atoms with Gasteiger partial charge in [0.2, 0.25) is 0 Å². The Labute approximate surface area is 160 Å². The van der Waals surface area contributed by atoms with Gasteiger partial charge >= 0.3 is 6.09 Å². The van der Waals surface area contributed by atoms with Crippen molar-refractivity contribution in [1.29, 1.82) is 0 Å². The van der Waals surface area contributed by atoms with Crippen LogP contribution in [0.1, 0.15) is 5.56 Å². The molecule has 2 aromatic rings. The smallest absolute Gasteiger partial charge is 0.438 e. The Morgan fingerprint density at radius 3 is 2.88 bits per heavy atom. The highest BCUT2D eigenvalue weighted by Gasteiger charge is 2.20. The molecule has 0 aliphatic carbocycles. The zero-order chi connectivity index (χ0) is 18.5. The molecule has 1 aliphatic rings. The van der Waals surface area contributed by atoms with E-state index in [2.05, 4.69) is 4.99 Å². The summed E-state index contributed by atoms with van der Waals surface area (Å²) in [6, 6.07) is 12.8. The molecule has 3 rings (SSSR count). The van der Waals surface area contributed by atoms with Crippen LogP contribution in [0, 0.1) is 0 Å². The molecule has 0 spiro atoms. The average Bonchev–Trinajstić information content (AvgIpc) is 2.67. The zero-order valence-electron chi connectivity index (χ0n) is 14.3. The van der Waals surface area contributed by atoms with Crippen molar-refractivity contribution >= 4 is 45.9 Å². The number of hydrogen-bond acceptors (Lipinski definition) is 6. The molecule has 26 heavy (non-hydrogen) atoms. The molecule has 2 aromatic carbocycles. The highest BCUT2D eigenvalue weighted by atomic mass is 35.5. The van der Waals surface area contributed by atoms with Crippen LogP contribution < -0.4 is 9.80 Å². The molecule has 0 radical (unpaired) electrons. The van der Waals surface area contributed by atoms with Gasteiger partial charge in [0.25, 0.3) is 0 Å². The molecule has 0 aromatic heterocycles. The van der Waals surface area contributed by atoms with Crippen molar-refractivity contribution < 1.29 is 19.1 Å². The van der Waals surface area contributed by atoms with Crippen LogP contribution in [0.4, 0.5) is 16.2 Å². The lowest BCUT2D eigenvalue weighted by Gasteiger charge is -2.21. The first-order valence-electron chi connectivity index (χ1n) is 7.75. The molecular weight excluding hydrogens is 376 g/mol. The quantitative estimate of drug-likeness (QED) is 0.697. The Hall–Kier alpha value is -2.22. The van der Waals surface area contributed by atoms with Crippen molar-refractivity contribution in [3.05, 3.63) is 53.1 Å². The normalized spacial score (nSPS) is 12.7. The standard InChI is InChI=1S/C18H17ClN2O4S/c1-23-18(22)21(24-2)15-6-4-3-5-12(15)11-26-17-10-25-16-8-7-13(19)9-14(16)20-17/h3-9H,10-11H2,1-2H3. The van der Waals surface area contributed by atoms with Crippen LogP contribution in [0.15, 0.2) is 47.5 Å². The van der Waals surface area contributed by atoms with Crippen LogP contribution in [0.3, 0.4) is 0 Å². The van der Waals surface area contributed by atoms with E-state index in [-0.39, 0.29) is 0 Å². The fourth-order valence-corrected chi connectivity index (χ4v) is 3.46. The lowest BCUT2D eigenvalue weighted by atomic mass is 10.2. The molecule has 0 bridgehead atoms. The number of halogens is 1. The maximum absolute atomic E-state index is 11.9. The Morgan fingerprint density at radius 1 is 1.31 bits per heavy atom. The van der Waals surface area contributed by atoms with Crippen molar-refractivity contribution in [3.8, 4) is 5.75 Å². The third kappa shape index (κ3) is 4.12. The first-order valence-corrected chi connectivity index (χ1v) is 9.11. The van der Waals surface area contributed by atoms with Crippen molar-refractivity contribution in [2.75, 3.05) is 25.9 Å². The first-order chi connectivity index (χ1) is 12.6. The number of ether oxygens (including phenoxy) is 2. The second kappa shape index (κ2) is 8.44. The number of nitrogens with zero attached hydrogens (tertiary/aromatic N) is 2. The molecule has 0 saturated heterocycles. The Balaban J connectivity index is 1.78. The maximum atomic E-state index is 11.9. The SMILES string of the molecule is COC(=O)N(OC)c1ccccc1CSC1=Nc2cc(Cl)ccc2OC1. The zero-order valence-corrected chi connectivity index (χ0v) is 15.8. The van der Waals surface area contributed by atoms with Crippen molar-refractivity contribution in [2.45, 2.75) is 5.75 Å². The number of hydrogen-bond donors (Lipinski definition) is 0. The van der Waals surface area contributed by atoms with Crippen LogP contribution in [0.2, 0.25) is 5.02 Å². The van der Waals surface area contributed by atoms with E-state index < -0.39 is 6.09 Å². The van der Waals surface area contributed by atoms with Crippen LogP contribution >= 0.6 is 23.4 Å². The van der Waals surface area contributed by atoms with Gasteiger partial charge in [-0.1, -0.05) is 29.8 Å². The minimum absolute atomic E-state index is 0.395. The van der Waals surface area contributed by atoms with Gasteiger partial charge in [0.15, 0.2) is 0 Å². The first kappa shape index (κ1) is 18.6. The molecule has 0 fully saturated rings. The number of amides is 1. The number of hydroxylamine groups is 1. The molecule has 136 valence electrons. The summed E-state index contributed by atoms with van der Waals surface area (Å²) in [6.45, 7) is 0.395. The predicted octanol–water partition coefficient (Wildman–Crippen LogP) is 4.83. The Bertz CT molecular complexity index is 844. The number of anilines is 1. The summed E-state index contributed by atoms with van der Waals surface area (Å²) in [5, 5.41) is 2.56. The van der Waals surface area contributed by atoms with Gasteiger partial charge in [-0.15, -0.1) is 11.8 Å². The number of carbonyl (C=O) groups excluding carboxylic acids is 1. The van der Waals surface area contributed by atoms with Crippen molar-refractivity contribution in [1.82, 2.24) is 0 Å². The maximum Gasteiger partial charge on any atom is 0.438 e. The summed E-state index contributed by atoms with van der Waals surface area (Å²) >= 11 is 7.55. The number of aliphatic imine (C=N–C) groups is 1. The van der Waals surface area contributed by atoms with Gasteiger partial charge in [-0.3, -0.25) is 4.84 Å². The Kier molecular flexibility index (Phi) is 6.03. The second-order valence-electron chi connectivity index (χ2n) is 5.27. The minimum atomic E-state index is -0.591. The van der Waals surface area contributed by atoms with Gasteiger partial charge in [-0.25, -0.2) is 9.79 Å². The molecule has 0 unspecified atom stereocenters. The minimum Gasteiger partial charge on any atom is -0.484 e. The van der Waals surface area contributed by atoms with E-state index >= 15 is 0 Å². The summed E-state index contributed by atoms with van der Waals surface area (Å²) in [6.07, 6.45) is -0.591. The number of rotatable bonds is 4. The number of methoxy groups -OCH3 is 1.